The Hall–Kier alpha value is -1.76. The lowest BCUT2D eigenvalue weighted by atomic mass is 10.2. The van der Waals surface area contributed by atoms with E-state index >= 15 is 0 Å². The average Bonchev–Trinajstić information content (AvgIpc) is 2.44. The fraction of sp³-hybridized carbons (Fsp3) is 0.462. The van der Waals surface area contributed by atoms with Gasteiger partial charge >= 0.3 is 6.03 Å². The van der Waals surface area contributed by atoms with E-state index in [1.54, 1.807) is 19.2 Å². The van der Waals surface area contributed by atoms with Crippen molar-refractivity contribution in [3.05, 3.63) is 18.2 Å². The van der Waals surface area contributed by atoms with Gasteiger partial charge in [0.25, 0.3) is 10.0 Å². The molecule has 0 spiro atoms. The molecule has 2 rings (SSSR count). The Balaban J connectivity index is 2.54. The highest BCUT2D eigenvalue weighted by molar-refractivity contribution is 7.90. The molecule has 0 aromatic heterocycles. The summed E-state index contributed by atoms with van der Waals surface area (Å²) in [6.07, 6.45) is 1.46. The van der Waals surface area contributed by atoms with Crippen molar-refractivity contribution in [1.29, 1.82) is 0 Å². The zero-order valence-corrected chi connectivity index (χ0v) is 12.6. The van der Waals surface area contributed by atoms with Crippen LogP contribution in [0.2, 0.25) is 0 Å². The van der Waals surface area contributed by atoms with E-state index in [1.807, 2.05) is 6.92 Å². The number of rotatable bonds is 4. The highest BCUT2D eigenvalue weighted by atomic mass is 32.2. The maximum absolute atomic E-state index is 12.5. The largest absolute Gasteiger partial charge is 0.497 e. The number of anilines is 1. The van der Waals surface area contributed by atoms with Crippen molar-refractivity contribution in [2.75, 3.05) is 25.6 Å². The van der Waals surface area contributed by atoms with Crippen LogP contribution in [0.3, 0.4) is 0 Å². The van der Waals surface area contributed by atoms with Crippen LogP contribution in [0, 0.1) is 0 Å². The zero-order valence-electron chi connectivity index (χ0n) is 11.8. The first-order valence-electron chi connectivity index (χ1n) is 6.42. The van der Waals surface area contributed by atoms with Crippen molar-refractivity contribution in [2.24, 2.45) is 0 Å². The molecule has 110 valence electrons. The van der Waals surface area contributed by atoms with Gasteiger partial charge in [-0.3, -0.25) is 4.90 Å². The lowest BCUT2D eigenvalue weighted by Gasteiger charge is -2.34. The number of methoxy groups -OCH3 is 1. The fourth-order valence-electron chi connectivity index (χ4n) is 2.11. The minimum Gasteiger partial charge on any atom is -0.497 e. The van der Waals surface area contributed by atoms with Gasteiger partial charge < -0.3 is 4.74 Å². The van der Waals surface area contributed by atoms with Gasteiger partial charge in [-0.1, -0.05) is 13.3 Å². The van der Waals surface area contributed by atoms with Gasteiger partial charge in [0.05, 0.1) is 12.8 Å². The lowest BCUT2D eigenvalue weighted by molar-refractivity contribution is 0.228. The molecule has 0 saturated carbocycles. The molecule has 6 nitrogen and oxygen atoms in total. The number of ether oxygens (including phenoxy) is 1. The number of sulfonamides is 1. The lowest BCUT2D eigenvalue weighted by Crippen LogP contribution is -2.49. The molecule has 0 saturated heterocycles. The van der Waals surface area contributed by atoms with E-state index in [-0.39, 0.29) is 11.4 Å². The minimum atomic E-state index is -3.78. The number of nitrogens with zero attached hydrogens (tertiary/aromatic N) is 2. The van der Waals surface area contributed by atoms with Crippen LogP contribution < -0.4 is 9.64 Å². The molecule has 0 fully saturated rings. The summed E-state index contributed by atoms with van der Waals surface area (Å²) in [7, 11) is -0.717. The Bertz CT molecular complexity index is 627. The van der Waals surface area contributed by atoms with Gasteiger partial charge in [0.1, 0.15) is 10.6 Å². The van der Waals surface area contributed by atoms with Crippen LogP contribution in [0.5, 0.6) is 5.75 Å². The molecule has 1 aliphatic rings. The number of hydrogen-bond acceptors (Lipinski definition) is 4. The summed E-state index contributed by atoms with van der Waals surface area (Å²) in [5.41, 5.74) is 0.349. The number of carbonyl (C=O) groups is 1. The van der Waals surface area contributed by atoms with Crippen LogP contribution in [0.15, 0.2) is 23.1 Å². The van der Waals surface area contributed by atoms with Crippen molar-refractivity contribution in [3.8, 4) is 5.75 Å². The van der Waals surface area contributed by atoms with Crippen LogP contribution in [0.1, 0.15) is 19.8 Å². The van der Waals surface area contributed by atoms with E-state index in [0.717, 1.165) is 10.7 Å². The molecule has 0 aliphatic carbocycles. The maximum Gasteiger partial charge on any atom is 0.338 e. The van der Waals surface area contributed by atoms with Gasteiger partial charge in [0.15, 0.2) is 0 Å². The van der Waals surface area contributed by atoms with Crippen LogP contribution in [0.25, 0.3) is 0 Å². The minimum absolute atomic E-state index is 0.136. The zero-order chi connectivity index (χ0) is 14.9. The summed E-state index contributed by atoms with van der Waals surface area (Å²) in [5.74, 6) is 0.514. The third-order valence-corrected chi connectivity index (χ3v) is 5.13. The summed E-state index contributed by atoms with van der Waals surface area (Å²) < 4.78 is 31.0. The number of unbranched alkanes of at least 4 members (excludes halogenated alkanes) is 1. The van der Waals surface area contributed by atoms with E-state index in [1.165, 1.54) is 18.1 Å². The molecule has 20 heavy (non-hydrogen) atoms. The van der Waals surface area contributed by atoms with E-state index in [2.05, 4.69) is 0 Å². The summed E-state index contributed by atoms with van der Waals surface area (Å²) in [6.45, 7) is 2.15. The SMILES string of the molecule is CCCCN1C(=O)N(C)c2cc(OC)ccc2S1(=O)=O. The predicted molar refractivity (Wildman–Crippen MR) is 75.6 cm³/mol. The van der Waals surface area contributed by atoms with E-state index in [0.29, 0.717) is 17.9 Å². The summed E-state index contributed by atoms with van der Waals surface area (Å²) >= 11 is 0. The first-order chi connectivity index (χ1) is 9.43. The number of fused-ring (bicyclic) bond motifs is 1. The maximum atomic E-state index is 12.5. The standard InChI is InChI=1S/C13H18N2O4S/c1-4-5-8-15-13(16)14(2)11-9-10(19-3)6-7-12(11)20(15,17)18/h6-7,9H,4-5,8H2,1-3H3. The van der Waals surface area contributed by atoms with Gasteiger partial charge in [0, 0.05) is 19.7 Å². The number of amides is 2. The van der Waals surface area contributed by atoms with Gasteiger partial charge in [0.2, 0.25) is 0 Å². The van der Waals surface area contributed by atoms with Crippen molar-refractivity contribution < 1.29 is 17.9 Å². The molecule has 1 heterocycles. The Kier molecular flexibility index (Phi) is 3.89. The highest BCUT2D eigenvalue weighted by Crippen LogP contribution is 2.36. The van der Waals surface area contributed by atoms with E-state index < -0.39 is 16.1 Å². The Morgan fingerprint density at radius 3 is 2.60 bits per heavy atom. The van der Waals surface area contributed by atoms with Crippen LogP contribution in [-0.4, -0.2) is 39.5 Å². The summed E-state index contributed by atoms with van der Waals surface area (Å²) in [5, 5.41) is 0. The molecule has 0 unspecified atom stereocenters. The van der Waals surface area contributed by atoms with E-state index in [4.69, 9.17) is 4.74 Å². The first kappa shape index (κ1) is 14.6. The first-order valence-corrected chi connectivity index (χ1v) is 7.86. The molecular formula is C13H18N2O4S. The number of hydrogen-bond donors (Lipinski definition) is 0. The molecule has 1 aromatic rings. The van der Waals surface area contributed by atoms with Gasteiger partial charge in [-0.2, -0.15) is 0 Å². The topological polar surface area (TPSA) is 66.9 Å². The van der Waals surface area contributed by atoms with E-state index in [9.17, 15) is 13.2 Å². The Morgan fingerprint density at radius 2 is 2.00 bits per heavy atom. The molecule has 1 aromatic carbocycles. The van der Waals surface area contributed by atoms with Crippen molar-refractivity contribution in [3.63, 3.8) is 0 Å². The predicted octanol–water partition coefficient (Wildman–Crippen LogP) is 2.06. The Morgan fingerprint density at radius 1 is 1.30 bits per heavy atom. The average molecular weight is 298 g/mol. The van der Waals surface area contributed by atoms with Gasteiger partial charge in [-0.25, -0.2) is 17.5 Å². The molecule has 1 aliphatic heterocycles. The van der Waals surface area contributed by atoms with Crippen molar-refractivity contribution >= 4 is 21.7 Å². The fourth-order valence-corrected chi connectivity index (χ4v) is 3.75. The monoisotopic (exact) mass is 298 g/mol. The second-order valence-corrected chi connectivity index (χ2v) is 6.44. The molecule has 2 amide bonds. The Labute approximate surface area is 119 Å². The van der Waals surface area contributed by atoms with Crippen LogP contribution in [0.4, 0.5) is 10.5 Å². The summed E-state index contributed by atoms with van der Waals surface area (Å²) in [6, 6.07) is 4.09. The molecule has 0 N–H and O–H groups in total. The third-order valence-electron chi connectivity index (χ3n) is 3.31. The van der Waals surface area contributed by atoms with Crippen LogP contribution in [-0.2, 0) is 10.0 Å². The molecular weight excluding hydrogens is 280 g/mol. The quantitative estimate of drug-likeness (QED) is 0.853. The normalized spacial score (nSPS) is 17.1. The van der Waals surface area contributed by atoms with Crippen molar-refractivity contribution in [1.82, 2.24) is 4.31 Å². The third kappa shape index (κ3) is 2.22. The van der Waals surface area contributed by atoms with Gasteiger partial charge in [-0.05, 0) is 18.6 Å². The van der Waals surface area contributed by atoms with Gasteiger partial charge in [-0.15, -0.1) is 0 Å². The number of benzene rings is 1. The molecule has 0 bridgehead atoms. The molecule has 7 heteroatoms. The van der Waals surface area contributed by atoms with Crippen molar-refractivity contribution in [2.45, 2.75) is 24.7 Å². The second-order valence-electron chi connectivity index (χ2n) is 4.61. The molecule has 0 radical (unpaired) electrons. The molecule has 0 atom stereocenters. The van der Waals surface area contributed by atoms with Crippen LogP contribution >= 0.6 is 0 Å². The highest BCUT2D eigenvalue weighted by Gasteiger charge is 2.39. The summed E-state index contributed by atoms with van der Waals surface area (Å²) in [4.78, 5) is 13.7. The second kappa shape index (κ2) is 5.32. The smallest absolute Gasteiger partial charge is 0.338 e. The number of urea groups is 1. The number of carbonyl (C=O) groups excluding carboxylic acids is 1.